The second-order valence-electron chi connectivity index (χ2n) is 5.10. The lowest BCUT2D eigenvalue weighted by molar-refractivity contribution is 0.0696. The quantitative estimate of drug-likeness (QED) is 0.702. The van der Waals surface area contributed by atoms with Crippen LogP contribution in [-0.2, 0) is 0 Å². The zero-order valence-corrected chi connectivity index (χ0v) is 14.4. The summed E-state index contributed by atoms with van der Waals surface area (Å²) in [5.74, 6) is -1.31. The molecule has 134 valence electrons. The molecule has 2 rings (SSSR count). The van der Waals surface area contributed by atoms with E-state index in [1.54, 1.807) is 0 Å². The van der Waals surface area contributed by atoms with Gasteiger partial charge in [-0.2, -0.15) is 0 Å². The second-order valence-corrected chi connectivity index (χ2v) is 5.10. The lowest BCUT2D eigenvalue weighted by atomic mass is 10.1. The highest BCUT2D eigenvalue weighted by atomic mass is 16.5. The molecule has 6 heteroatoms. The molecule has 0 fully saturated rings. The largest absolute Gasteiger partial charge is 0.494 e. The lowest BCUT2D eigenvalue weighted by Crippen LogP contribution is -2.01. The van der Waals surface area contributed by atoms with Crippen LogP contribution >= 0.6 is 0 Å². The predicted octanol–water partition coefficient (Wildman–Crippen LogP) is 3.99. The number of carboxylic acids is 2. The van der Waals surface area contributed by atoms with Crippen molar-refractivity contribution in [2.45, 2.75) is 20.3 Å². The van der Waals surface area contributed by atoms with Gasteiger partial charge in [0.05, 0.1) is 17.7 Å². The SMILES string of the molecule is CCCOc1cccc(NCC)c1.O=C(O)c1cccc(C(=O)O)c1. The van der Waals surface area contributed by atoms with Gasteiger partial charge >= 0.3 is 11.9 Å². The molecule has 0 atom stereocenters. The van der Waals surface area contributed by atoms with Crippen LogP contribution in [0.25, 0.3) is 0 Å². The fraction of sp³-hybridized carbons (Fsp3) is 0.263. The minimum atomic E-state index is -1.13. The van der Waals surface area contributed by atoms with Crippen molar-refractivity contribution in [2.24, 2.45) is 0 Å². The fourth-order valence-corrected chi connectivity index (χ4v) is 1.91. The number of carbonyl (C=O) groups is 2. The van der Waals surface area contributed by atoms with Crippen LogP contribution in [0.4, 0.5) is 5.69 Å². The first kappa shape index (κ1) is 20.0. The molecule has 0 saturated carbocycles. The third-order valence-corrected chi connectivity index (χ3v) is 3.04. The topological polar surface area (TPSA) is 95.9 Å². The second kappa shape index (κ2) is 10.7. The Bertz CT molecular complexity index is 670. The number of hydrogen-bond acceptors (Lipinski definition) is 4. The standard InChI is InChI=1S/C11H17NO.C8H6O4/c1-3-8-13-11-7-5-6-10(9-11)12-4-2;9-7(10)5-2-1-3-6(4-5)8(11)12/h5-7,9,12H,3-4,8H2,1-2H3;1-4H,(H,9,10)(H,11,12). The average Bonchev–Trinajstić information content (AvgIpc) is 2.61. The van der Waals surface area contributed by atoms with Gasteiger partial charge in [-0.3, -0.25) is 0 Å². The number of benzene rings is 2. The normalized spacial score (nSPS) is 9.52. The number of nitrogens with one attached hydrogen (secondary N) is 1. The Morgan fingerprint density at radius 1 is 0.960 bits per heavy atom. The smallest absolute Gasteiger partial charge is 0.335 e. The first-order chi connectivity index (χ1) is 12.0. The molecule has 6 nitrogen and oxygen atoms in total. The van der Waals surface area contributed by atoms with Crippen LogP contribution in [0.3, 0.4) is 0 Å². The summed E-state index contributed by atoms with van der Waals surface area (Å²) in [6.45, 7) is 5.92. The Hall–Kier alpha value is -3.02. The van der Waals surface area contributed by atoms with Crippen molar-refractivity contribution in [3.8, 4) is 5.75 Å². The third kappa shape index (κ3) is 7.39. The number of rotatable bonds is 7. The van der Waals surface area contributed by atoms with Gasteiger partial charge in [-0.05, 0) is 43.7 Å². The van der Waals surface area contributed by atoms with Crippen molar-refractivity contribution in [2.75, 3.05) is 18.5 Å². The molecule has 0 aromatic heterocycles. The molecule has 0 saturated heterocycles. The first-order valence-electron chi connectivity index (χ1n) is 8.01. The van der Waals surface area contributed by atoms with Crippen LogP contribution < -0.4 is 10.1 Å². The Morgan fingerprint density at radius 3 is 2.08 bits per heavy atom. The molecule has 0 unspecified atom stereocenters. The number of aromatic carboxylic acids is 2. The Morgan fingerprint density at radius 2 is 1.56 bits per heavy atom. The van der Waals surface area contributed by atoms with E-state index < -0.39 is 11.9 Å². The molecule has 2 aromatic carbocycles. The zero-order valence-electron chi connectivity index (χ0n) is 14.4. The fourth-order valence-electron chi connectivity index (χ4n) is 1.91. The van der Waals surface area contributed by atoms with E-state index >= 15 is 0 Å². The van der Waals surface area contributed by atoms with Crippen LogP contribution in [-0.4, -0.2) is 35.3 Å². The van der Waals surface area contributed by atoms with Crippen LogP contribution in [0, 0.1) is 0 Å². The van der Waals surface area contributed by atoms with E-state index in [-0.39, 0.29) is 11.1 Å². The number of ether oxygens (including phenoxy) is 1. The highest BCUT2D eigenvalue weighted by Gasteiger charge is 2.06. The number of hydrogen-bond donors (Lipinski definition) is 3. The van der Waals surface area contributed by atoms with Gasteiger partial charge in [0.1, 0.15) is 5.75 Å². The number of anilines is 1. The van der Waals surface area contributed by atoms with Gasteiger partial charge < -0.3 is 20.3 Å². The van der Waals surface area contributed by atoms with E-state index in [4.69, 9.17) is 14.9 Å². The van der Waals surface area contributed by atoms with Gasteiger partial charge in [-0.15, -0.1) is 0 Å². The van der Waals surface area contributed by atoms with Gasteiger partial charge in [0, 0.05) is 18.3 Å². The lowest BCUT2D eigenvalue weighted by Gasteiger charge is -2.07. The Balaban J connectivity index is 0.000000251. The summed E-state index contributed by atoms with van der Waals surface area (Å²) in [6.07, 6.45) is 1.05. The highest BCUT2D eigenvalue weighted by Crippen LogP contribution is 2.17. The van der Waals surface area contributed by atoms with Crippen molar-refractivity contribution in [1.82, 2.24) is 0 Å². The summed E-state index contributed by atoms with van der Waals surface area (Å²) in [6, 6.07) is 13.3. The van der Waals surface area contributed by atoms with Crippen molar-refractivity contribution in [3.63, 3.8) is 0 Å². The molecule has 0 radical (unpaired) electrons. The predicted molar refractivity (Wildman–Crippen MR) is 96.8 cm³/mol. The van der Waals surface area contributed by atoms with Crippen LogP contribution in [0.1, 0.15) is 41.0 Å². The summed E-state index contributed by atoms with van der Waals surface area (Å²) in [4.78, 5) is 20.8. The van der Waals surface area contributed by atoms with Gasteiger partial charge in [-0.1, -0.05) is 19.1 Å². The molecular weight excluding hydrogens is 322 g/mol. The Kier molecular flexibility index (Phi) is 8.57. The maximum Gasteiger partial charge on any atom is 0.335 e. The molecule has 3 N–H and O–H groups in total. The van der Waals surface area contributed by atoms with E-state index in [9.17, 15) is 9.59 Å². The molecule has 25 heavy (non-hydrogen) atoms. The zero-order chi connectivity index (χ0) is 18.7. The first-order valence-corrected chi connectivity index (χ1v) is 8.01. The average molecular weight is 345 g/mol. The van der Waals surface area contributed by atoms with E-state index in [1.807, 2.05) is 24.3 Å². The maximum absolute atomic E-state index is 10.4. The maximum atomic E-state index is 10.4. The molecule has 0 bridgehead atoms. The Labute approximate surface area is 147 Å². The molecule has 0 aliphatic heterocycles. The van der Waals surface area contributed by atoms with E-state index in [1.165, 1.54) is 18.2 Å². The summed E-state index contributed by atoms with van der Waals surface area (Å²) in [5, 5.41) is 20.2. The van der Waals surface area contributed by atoms with Crippen molar-refractivity contribution in [1.29, 1.82) is 0 Å². The van der Waals surface area contributed by atoms with Gasteiger partial charge in [0.15, 0.2) is 0 Å². The highest BCUT2D eigenvalue weighted by molar-refractivity contribution is 5.93. The van der Waals surface area contributed by atoms with E-state index in [0.717, 1.165) is 37.1 Å². The minimum absolute atomic E-state index is 0.0186. The molecule has 0 spiro atoms. The van der Waals surface area contributed by atoms with Gasteiger partial charge in [0.2, 0.25) is 0 Å². The minimum Gasteiger partial charge on any atom is -0.494 e. The van der Waals surface area contributed by atoms with E-state index in [0.29, 0.717) is 0 Å². The summed E-state index contributed by atoms with van der Waals surface area (Å²) < 4.78 is 5.50. The van der Waals surface area contributed by atoms with E-state index in [2.05, 4.69) is 19.2 Å². The molecule has 0 aliphatic rings. The van der Waals surface area contributed by atoms with Crippen molar-refractivity contribution < 1.29 is 24.5 Å². The summed E-state index contributed by atoms with van der Waals surface area (Å²) in [5.41, 5.74) is 1.08. The third-order valence-electron chi connectivity index (χ3n) is 3.04. The van der Waals surface area contributed by atoms with Crippen LogP contribution in [0.5, 0.6) is 5.75 Å². The summed E-state index contributed by atoms with van der Waals surface area (Å²) >= 11 is 0. The molecular formula is C19H23NO5. The van der Waals surface area contributed by atoms with Crippen LogP contribution in [0.15, 0.2) is 48.5 Å². The molecule has 0 amide bonds. The molecule has 0 heterocycles. The van der Waals surface area contributed by atoms with Gasteiger partial charge in [0.25, 0.3) is 0 Å². The molecule has 0 aliphatic carbocycles. The summed E-state index contributed by atoms with van der Waals surface area (Å²) in [7, 11) is 0. The van der Waals surface area contributed by atoms with Crippen molar-refractivity contribution >= 4 is 17.6 Å². The molecule has 2 aromatic rings. The van der Waals surface area contributed by atoms with Crippen molar-refractivity contribution in [3.05, 3.63) is 59.7 Å². The van der Waals surface area contributed by atoms with Gasteiger partial charge in [-0.25, -0.2) is 9.59 Å². The monoisotopic (exact) mass is 345 g/mol. The van der Waals surface area contributed by atoms with Crippen LogP contribution in [0.2, 0.25) is 0 Å². The number of carboxylic acid groups (broad SMARTS) is 2.